The zero-order valence-corrected chi connectivity index (χ0v) is 27.1. The molecular weight excluding hydrogens is 577 g/mol. The maximum atomic E-state index is 13.2. The van der Waals surface area contributed by atoms with Crippen molar-refractivity contribution in [2.45, 2.75) is 51.6 Å². The van der Waals surface area contributed by atoms with E-state index < -0.39 is 20.5 Å². The Morgan fingerprint density at radius 1 is 0.884 bits per heavy atom. The quantitative estimate of drug-likeness (QED) is 0.147. The third-order valence-electron chi connectivity index (χ3n) is 6.72. The fraction of sp³-hybridized carbons (Fsp3) is 0.581. The van der Waals surface area contributed by atoms with E-state index >= 15 is 0 Å². The zero-order chi connectivity index (χ0) is 31.6. The number of ether oxygens (including phenoxy) is 6. The van der Waals surface area contributed by atoms with Crippen LogP contribution >= 0.6 is 0 Å². The second kappa shape index (κ2) is 19.5. The summed E-state index contributed by atoms with van der Waals surface area (Å²) >= 11 is 0. The van der Waals surface area contributed by atoms with Crippen molar-refractivity contribution < 1.29 is 47.1 Å². The number of benzene rings is 2. The van der Waals surface area contributed by atoms with Gasteiger partial charge >= 0.3 is 6.09 Å². The predicted molar refractivity (Wildman–Crippen MR) is 164 cm³/mol. The molecule has 2 aromatic rings. The molecule has 0 spiro atoms. The summed E-state index contributed by atoms with van der Waals surface area (Å²) in [6.07, 6.45) is -1.05. The lowest BCUT2D eigenvalue weighted by atomic mass is 10.2. The molecule has 0 aliphatic heterocycles. The molecule has 242 valence electrons. The number of carbonyl (C=O) groups is 1. The fourth-order valence-corrected chi connectivity index (χ4v) is 4.67. The highest BCUT2D eigenvalue weighted by Gasteiger charge is 2.39. The number of rotatable bonds is 21. The van der Waals surface area contributed by atoms with Crippen molar-refractivity contribution in [3.05, 3.63) is 59.9 Å². The molecule has 0 fully saturated rings. The summed E-state index contributed by atoms with van der Waals surface area (Å²) in [6.45, 7) is 13.7. The van der Waals surface area contributed by atoms with Crippen molar-refractivity contribution in [2.75, 3.05) is 66.0 Å². The van der Waals surface area contributed by atoms with E-state index in [4.69, 9.17) is 38.0 Å². The van der Waals surface area contributed by atoms with Crippen LogP contribution in [0.2, 0.25) is 18.1 Å². The summed E-state index contributed by atoms with van der Waals surface area (Å²) in [5.41, 5.74) is 0.850. The fourth-order valence-electron chi connectivity index (χ4n) is 3.35. The van der Waals surface area contributed by atoms with Gasteiger partial charge in [0.25, 0.3) is 0 Å². The van der Waals surface area contributed by atoms with Crippen LogP contribution in [0.4, 0.5) is 9.18 Å². The number of carbonyl (C=O) groups excluding carboxylic acids is 1. The van der Waals surface area contributed by atoms with Crippen molar-refractivity contribution in [3.63, 3.8) is 0 Å². The lowest BCUT2D eigenvalue weighted by Gasteiger charge is -2.39. The highest BCUT2D eigenvalue weighted by Crippen LogP contribution is 2.37. The molecule has 2 rings (SSSR count). The van der Waals surface area contributed by atoms with Crippen LogP contribution in [-0.2, 0) is 30.0 Å². The Morgan fingerprint density at radius 3 is 2.12 bits per heavy atom. The van der Waals surface area contributed by atoms with E-state index in [2.05, 4.69) is 39.2 Å². The summed E-state index contributed by atoms with van der Waals surface area (Å²) < 4.78 is 52.9. The van der Waals surface area contributed by atoms with E-state index in [1.165, 1.54) is 12.1 Å². The first kappa shape index (κ1) is 36.4. The highest BCUT2D eigenvalue weighted by atomic mass is 28.4. The summed E-state index contributed by atoms with van der Waals surface area (Å²) in [6, 6.07) is 13.4. The van der Waals surface area contributed by atoms with Crippen LogP contribution < -0.4 is 14.8 Å². The van der Waals surface area contributed by atoms with Crippen LogP contribution in [0, 0.1) is 5.82 Å². The van der Waals surface area contributed by atoms with Crippen LogP contribution in [0.3, 0.4) is 0 Å². The van der Waals surface area contributed by atoms with Crippen molar-refractivity contribution in [3.8, 4) is 11.5 Å². The Kier molecular flexibility index (Phi) is 16.5. The summed E-state index contributed by atoms with van der Waals surface area (Å²) in [5.74, 6) is 0.906. The van der Waals surface area contributed by atoms with Crippen LogP contribution in [0.15, 0.2) is 48.5 Å². The first-order valence-corrected chi connectivity index (χ1v) is 17.4. The first-order chi connectivity index (χ1) is 20.5. The molecule has 0 aromatic heterocycles. The second-order valence-corrected chi connectivity index (χ2v) is 16.0. The minimum Gasteiger partial charge on any atom is -0.491 e. The van der Waals surface area contributed by atoms with E-state index in [0.29, 0.717) is 57.7 Å². The molecule has 0 unspecified atom stereocenters. The number of nitrogens with one attached hydrogen (secondary N) is 1. The smallest absolute Gasteiger partial charge is 0.407 e. The second-order valence-electron chi connectivity index (χ2n) is 11.3. The first-order valence-electron chi connectivity index (χ1n) is 14.5. The van der Waals surface area contributed by atoms with Gasteiger partial charge < -0.3 is 43.3 Å². The molecule has 2 N–H and O–H groups in total. The van der Waals surface area contributed by atoms with Crippen LogP contribution in [0.5, 0.6) is 11.5 Å². The number of amides is 1. The van der Waals surface area contributed by atoms with Crippen molar-refractivity contribution in [1.82, 2.24) is 5.32 Å². The van der Waals surface area contributed by atoms with E-state index in [1.807, 2.05) is 18.2 Å². The van der Waals surface area contributed by atoms with Gasteiger partial charge in [0.15, 0.2) is 8.32 Å². The molecule has 0 radical (unpaired) electrons. The molecule has 0 saturated heterocycles. The minimum absolute atomic E-state index is 0.0110. The Labute approximate surface area is 255 Å². The summed E-state index contributed by atoms with van der Waals surface area (Å²) in [5, 5.41) is 11.3. The molecule has 10 nitrogen and oxygen atoms in total. The maximum Gasteiger partial charge on any atom is 0.407 e. The number of hydrogen-bond donors (Lipinski definition) is 2. The van der Waals surface area contributed by atoms with Gasteiger partial charge in [-0.25, -0.2) is 9.18 Å². The van der Waals surface area contributed by atoms with Gasteiger partial charge in [0.2, 0.25) is 0 Å². The third kappa shape index (κ3) is 15.5. The van der Waals surface area contributed by atoms with Gasteiger partial charge in [-0.15, -0.1) is 0 Å². The van der Waals surface area contributed by atoms with Gasteiger partial charge in [-0.3, -0.25) is 0 Å². The average Bonchev–Trinajstić information content (AvgIpc) is 2.96. The zero-order valence-electron chi connectivity index (χ0n) is 26.1. The number of halogens is 1. The molecule has 0 aliphatic carbocycles. The van der Waals surface area contributed by atoms with E-state index in [-0.39, 0.29) is 37.2 Å². The van der Waals surface area contributed by atoms with Crippen molar-refractivity contribution in [1.29, 1.82) is 0 Å². The lowest BCUT2D eigenvalue weighted by Crippen LogP contribution is -2.47. The minimum atomic E-state index is -2.19. The molecule has 0 heterocycles. The van der Waals surface area contributed by atoms with Crippen LogP contribution in [-0.4, -0.2) is 91.6 Å². The number of aliphatic hydroxyl groups is 1. The molecule has 1 amide bonds. The molecule has 2 aromatic carbocycles. The van der Waals surface area contributed by atoms with Gasteiger partial charge in [-0.05, 0) is 48.0 Å². The maximum absolute atomic E-state index is 13.2. The molecule has 43 heavy (non-hydrogen) atoms. The highest BCUT2D eigenvalue weighted by molar-refractivity contribution is 6.74. The van der Waals surface area contributed by atoms with E-state index in [0.717, 1.165) is 5.56 Å². The Balaban J connectivity index is 1.79. The monoisotopic (exact) mass is 625 g/mol. The Morgan fingerprint density at radius 2 is 1.49 bits per heavy atom. The summed E-state index contributed by atoms with van der Waals surface area (Å²) in [4.78, 5) is 12.3. The number of hydrogen-bond acceptors (Lipinski definition) is 9. The SMILES string of the molecule is CC(C)(C)[Si](C)(C)O[C@@H](COC(=O)NCCOCCOCCOCCO)COc1cccc(OCc2ccc(F)cc2)c1. The van der Waals surface area contributed by atoms with Crippen molar-refractivity contribution in [2.24, 2.45) is 0 Å². The lowest BCUT2D eigenvalue weighted by molar-refractivity contribution is 0.00783. The van der Waals surface area contributed by atoms with Gasteiger partial charge in [0, 0.05) is 12.6 Å². The molecule has 0 bridgehead atoms. The number of alkyl carbamates (subject to hydrolysis) is 1. The van der Waals surface area contributed by atoms with Gasteiger partial charge in [-0.1, -0.05) is 39.0 Å². The van der Waals surface area contributed by atoms with E-state index in [9.17, 15) is 9.18 Å². The molecule has 0 saturated carbocycles. The van der Waals surface area contributed by atoms with Gasteiger partial charge in [0.05, 0.1) is 46.2 Å². The average molecular weight is 626 g/mol. The van der Waals surface area contributed by atoms with Crippen molar-refractivity contribution >= 4 is 14.4 Å². The predicted octanol–water partition coefficient (Wildman–Crippen LogP) is 4.94. The molecule has 0 aliphatic rings. The van der Waals surface area contributed by atoms with Crippen LogP contribution in [0.1, 0.15) is 26.3 Å². The van der Waals surface area contributed by atoms with E-state index in [1.54, 1.807) is 18.2 Å². The molecule has 12 heteroatoms. The topological polar surface area (TPSA) is 114 Å². The van der Waals surface area contributed by atoms with Gasteiger partial charge in [-0.2, -0.15) is 0 Å². The Hall–Kier alpha value is -2.74. The van der Waals surface area contributed by atoms with Gasteiger partial charge in [0.1, 0.15) is 43.2 Å². The van der Waals surface area contributed by atoms with Crippen LogP contribution in [0.25, 0.3) is 0 Å². The largest absolute Gasteiger partial charge is 0.491 e. The number of aliphatic hydroxyl groups excluding tert-OH is 1. The molecular formula is C31H48FNO9Si. The normalized spacial score (nSPS) is 12.5. The standard InChI is InChI=1S/C31H48FNO9Si/c1-31(2,3)43(4,5)42-29(24-41-30(35)33-13-15-36-17-19-38-20-18-37-16-14-34)23-40-28-8-6-7-27(21-28)39-22-25-9-11-26(32)12-10-25/h6-12,21,29,34H,13-20,22-24H2,1-5H3,(H,33,35)/t29-/m1/s1. The molecule has 1 atom stereocenters. The Bertz CT molecular complexity index is 1050. The summed E-state index contributed by atoms with van der Waals surface area (Å²) in [7, 11) is -2.19. The third-order valence-corrected chi connectivity index (χ3v) is 11.3.